The molecule has 164 valence electrons. The van der Waals surface area contributed by atoms with Gasteiger partial charge in [-0.15, -0.1) is 0 Å². The summed E-state index contributed by atoms with van der Waals surface area (Å²) in [4.78, 5) is 7.45. The van der Waals surface area contributed by atoms with Crippen LogP contribution in [0.1, 0.15) is 17.0 Å². The summed E-state index contributed by atoms with van der Waals surface area (Å²) < 4.78 is 62.9. The van der Waals surface area contributed by atoms with Gasteiger partial charge >= 0.3 is 6.18 Å². The lowest BCUT2D eigenvalue weighted by molar-refractivity contribution is -0.137. The molecular formula is C22H15ClF3N3O2S. The number of sulfonamides is 1. The number of hydrogen-bond donors (Lipinski definition) is 2. The summed E-state index contributed by atoms with van der Waals surface area (Å²) in [5.74, 6) is 0.417. The highest BCUT2D eigenvalue weighted by molar-refractivity contribution is 7.89. The van der Waals surface area contributed by atoms with Gasteiger partial charge in [0.25, 0.3) is 0 Å². The number of H-pyrrole nitrogens is 1. The number of aromatic amines is 1. The van der Waals surface area contributed by atoms with Crippen molar-refractivity contribution in [1.29, 1.82) is 0 Å². The van der Waals surface area contributed by atoms with Gasteiger partial charge in [-0.2, -0.15) is 13.2 Å². The van der Waals surface area contributed by atoms with Gasteiger partial charge in [0.15, 0.2) is 0 Å². The summed E-state index contributed by atoms with van der Waals surface area (Å²) in [5, 5.41) is 4.95. The number of halogens is 4. The molecule has 0 aliphatic heterocycles. The highest BCUT2D eigenvalue weighted by Crippen LogP contribution is 2.35. The predicted octanol–water partition coefficient (Wildman–Crippen LogP) is 5.72. The summed E-state index contributed by atoms with van der Waals surface area (Å²) in [6, 6.07) is 15.2. The third-order valence-corrected chi connectivity index (χ3v) is 6.03. The molecule has 1 heterocycles. The molecule has 0 aliphatic carbocycles. The van der Waals surface area contributed by atoms with E-state index in [0.29, 0.717) is 33.5 Å². The second-order valence-corrected chi connectivity index (χ2v) is 8.90. The topological polar surface area (TPSA) is 88.8 Å². The molecule has 0 amide bonds. The van der Waals surface area contributed by atoms with Crippen molar-refractivity contribution in [2.45, 2.75) is 11.1 Å². The van der Waals surface area contributed by atoms with Crippen molar-refractivity contribution >= 4 is 44.8 Å². The molecular weight excluding hydrogens is 463 g/mol. The first kappa shape index (κ1) is 22.1. The first-order chi connectivity index (χ1) is 15.0. The molecule has 3 N–H and O–H groups in total. The van der Waals surface area contributed by atoms with E-state index in [1.165, 1.54) is 24.3 Å². The summed E-state index contributed by atoms with van der Waals surface area (Å²) >= 11 is 5.65. The van der Waals surface area contributed by atoms with Gasteiger partial charge in [0.2, 0.25) is 10.0 Å². The van der Waals surface area contributed by atoms with E-state index in [9.17, 15) is 21.6 Å². The fraction of sp³-hybridized carbons (Fsp3) is 0.0455. The summed E-state index contributed by atoms with van der Waals surface area (Å²) in [6.45, 7) is 0. The van der Waals surface area contributed by atoms with E-state index in [4.69, 9.17) is 16.7 Å². The van der Waals surface area contributed by atoms with Crippen LogP contribution in [0.3, 0.4) is 0 Å². The predicted molar refractivity (Wildman–Crippen MR) is 118 cm³/mol. The van der Waals surface area contributed by atoms with Gasteiger partial charge in [0.1, 0.15) is 5.82 Å². The van der Waals surface area contributed by atoms with Crippen LogP contribution in [0.4, 0.5) is 13.2 Å². The molecule has 4 aromatic rings. The molecule has 0 atom stereocenters. The van der Waals surface area contributed by atoms with Gasteiger partial charge in [-0.1, -0.05) is 48.0 Å². The first-order valence-electron chi connectivity index (χ1n) is 9.19. The van der Waals surface area contributed by atoms with Crippen molar-refractivity contribution in [2.24, 2.45) is 5.14 Å². The third kappa shape index (κ3) is 4.55. The van der Waals surface area contributed by atoms with Crippen molar-refractivity contribution in [2.75, 3.05) is 0 Å². The van der Waals surface area contributed by atoms with Gasteiger partial charge in [-0.25, -0.2) is 18.5 Å². The van der Waals surface area contributed by atoms with Crippen molar-refractivity contribution in [3.8, 4) is 11.1 Å². The number of hydrogen-bond acceptors (Lipinski definition) is 3. The van der Waals surface area contributed by atoms with Crippen LogP contribution in [-0.4, -0.2) is 18.4 Å². The zero-order chi connectivity index (χ0) is 23.1. The number of benzene rings is 3. The first-order valence-corrected chi connectivity index (χ1v) is 11.1. The summed E-state index contributed by atoms with van der Waals surface area (Å²) in [5.41, 5.74) is 1.69. The van der Waals surface area contributed by atoms with Crippen molar-refractivity contribution < 1.29 is 21.6 Å². The molecule has 4 rings (SSSR count). The Morgan fingerprint density at radius 3 is 2.47 bits per heavy atom. The van der Waals surface area contributed by atoms with Crippen LogP contribution in [-0.2, 0) is 16.2 Å². The third-order valence-electron chi connectivity index (χ3n) is 4.73. The second kappa shape index (κ2) is 8.09. The number of imidazole rings is 1. The molecule has 0 unspecified atom stereocenters. The largest absolute Gasteiger partial charge is 0.417 e. The number of fused-ring (bicyclic) bond motifs is 1. The molecule has 0 radical (unpaired) electrons. The number of alkyl halides is 3. The fourth-order valence-corrected chi connectivity index (χ4v) is 4.25. The van der Waals surface area contributed by atoms with Gasteiger partial charge in [0.05, 0.1) is 26.5 Å². The summed E-state index contributed by atoms with van der Waals surface area (Å²) in [7, 11) is -3.91. The van der Waals surface area contributed by atoms with Crippen molar-refractivity contribution in [3.63, 3.8) is 0 Å². The van der Waals surface area contributed by atoms with Crippen LogP contribution < -0.4 is 5.14 Å². The zero-order valence-corrected chi connectivity index (χ0v) is 17.8. The average Bonchev–Trinajstić information content (AvgIpc) is 3.14. The second-order valence-electron chi connectivity index (χ2n) is 6.97. The number of nitrogens with one attached hydrogen (secondary N) is 1. The summed E-state index contributed by atoms with van der Waals surface area (Å²) in [6.07, 6.45) is -1.52. The maximum atomic E-state index is 13.0. The molecule has 0 spiro atoms. The molecule has 0 saturated heterocycles. The number of nitrogens with zero attached hydrogens (tertiary/aromatic N) is 1. The van der Waals surface area contributed by atoms with Gasteiger partial charge in [-0.3, -0.25) is 0 Å². The number of aromatic nitrogens is 2. The smallest absolute Gasteiger partial charge is 0.338 e. The van der Waals surface area contributed by atoms with Crippen LogP contribution >= 0.6 is 11.6 Å². The van der Waals surface area contributed by atoms with Crippen LogP contribution in [0.5, 0.6) is 0 Å². The molecule has 5 nitrogen and oxygen atoms in total. The van der Waals surface area contributed by atoms with E-state index in [1.54, 1.807) is 42.5 Å². The number of nitrogens with two attached hydrogens (primary N) is 1. The van der Waals surface area contributed by atoms with E-state index < -0.39 is 21.8 Å². The van der Waals surface area contributed by atoms with Crippen LogP contribution in [0, 0.1) is 0 Å². The number of primary sulfonamides is 1. The lowest BCUT2D eigenvalue weighted by Gasteiger charge is -2.09. The minimum atomic E-state index is -4.55. The molecule has 0 aliphatic rings. The van der Waals surface area contributed by atoms with E-state index in [0.717, 1.165) is 6.07 Å². The highest BCUT2D eigenvalue weighted by atomic mass is 35.5. The fourth-order valence-electron chi connectivity index (χ4n) is 3.27. The molecule has 0 fully saturated rings. The SMILES string of the molecule is NS(=O)(=O)c1ccccc1-c1ccc2nc(C=Cc3ccc(Cl)c(C(F)(F)F)c3)[nH]c2c1. The quantitative estimate of drug-likeness (QED) is 0.394. The van der Waals surface area contributed by atoms with E-state index in [2.05, 4.69) is 9.97 Å². The van der Waals surface area contributed by atoms with Crippen molar-refractivity contribution in [3.05, 3.63) is 82.6 Å². The Morgan fingerprint density at radius 1 is 1.00 bits per heavy atom. The maximum absolute atomic E-state index is 13.0. The Kier molecular flexibility index (Phi) is 5.58. The molecule has 3 aromatic carbocycles. The Labute approximate surface area is 186 Å². The van der Waals surface area contributed by atoms with E-state index in [1.807, 2.05) is 0 Å². The lowest BCUT2D eigenvalue weighted by atomic mass is 10.1. The normalized spacial score (nSPS) is 12.7. The standard InChI is InChI=1S/C22H15ClF3N3O2S/c23-17-8-5-13(11-16(17)22(24,25)26)6-10-21-28-18-9-7-14(12-19(18)29-21)15-3-1-2-4-20(15)32(27,30)31/h1-12H,(H,28,29)(H2,27,30,31). The van der Waals surface area contributed by atoms with Gasteiger partial charge < -0.3 is 4.98 Å². The molecule has 1 aromatic heterocycles. The monoisotopic (exact) mass is 477 g/mol. The lowest BCUT2D eigenvalue weighted by Crippen LogP contribution is -2.13. The molecule has 32 heavy (non-hydrogen) atoms. The van der Waals surface area contributed by atoms with Crippen LogP contribution in [0.15, 0.2) is 65.6 Å². The molecule has 0 saturated carbocycles. The number of rotatable bonds is 4. The minimum Gasteiger partial charge on any atom is -0.338 e. The van der Waals surface area contributed by atoms with Crippen LogP contribution in [0.25, 0.3) is 34.3 Å². The Bertz CT molecular complexity index is 1460. The Hall–Kier alpha value is -3.14. The van der Waals surface area contributed by atoms with E-state index >= 15 is 0 Å². The van der Waals surface area contributed by atoms with E-state index in [-0.39, 0.29) is 9.92 Å². The molecule has 0 bridgehead atoms. The zero-order valence-electron chi connectivity index (χ0n) is 16.2. The Balaban J connectivity index is 1.68. The van der Waals surface area contributed by atoms with Crippen LogP contribution in [0.2, 0.25) is 5.02 Å². The van der Waals surface area contributed by atoms with Gasteiger partial charge in [-0.05, 0) is 47.5 Å². The van der Waals surface area contributed by atoms with Crippen molar-refractivity contribution in [1.82, 2.24) is 9.97 Å². The average molecular weight is 478 g/mol. The maximum Gasteiger partial charge on any atom is 0.417 e. The molecule has 10 heteroatoms. The highest BCUT2D eigenvalue weighted by Gasteiger charge is 2.33. The Morgan fingerprint density at radius 2 is 1.75 bits per heavy atom. The minimum absolute atomic E-state index is 0.00203. The van der Waals surface area contributed by atoms with Gasteiger partial charge in [0, 0.05) is 5.56 Å².